The van der Waals surface area contributed by atoms with E-state index in [2.05, 4.69) is 31.6 Å². The number of aromatic nitrogens is 2. The van der Waals surface area contributed by atoms with Crippen LogP contribution in [0.3, 0.4) is 0 Å². The van der Waals surface area contributed by atoms with Crippen LogP contribution < -0.4 is 15.5 Å². The molecule has 23 heavy (non-hydrogen) atoms. The molecule has 2 fully saturated rings. The molecule has 7 heteroatoms. The van der Waals surface area contributed by atoms with Gasteiger partial charge in [-0.15, -0.1) is 0 Å². The van der Waals surface area contributed by atoms with E-state index in [1.165, 1.54) is 0 Å². The quantitative estimate of drug-likeness (QED) is 0.780. The number of hydrogen-bond donors (Lipinski definition) is 2. The maximum Gasteiger partial charge on any atom is 0.234 e. The lowest BCUT2D eigenvalue weighted by atomic mass is 9.96. The molecule has 4 rings (SSSR count). The van der Waals surface area contributed by atoms with Crippen molar-refractivity contribution in [1.29, 1.82) is 5.26 Å². The Morgan fingerprint density at radius 3 is 3.17 bits per heavy atom. The average molecular weight is 308 g/mol. The highest BCUT2D eigenvalue weighted by Crippen LogP contribution is 2.25. The fourth-order valence-electron chi connectivity index (χ4n) is 3.34. The highest BCUT2D eigenvalue weighted by molar-refractivity contribution is 5.81. The molecular formula is C16H16N6O. The van der Waals surface area contributed by atoms with Gasteiger partial charge < -0.3 is 15.5 Å². The molecule has 2 atom stereocenters. The maximum atomic E-state index is 11.6. The van der Waals surface area contributed by atoms with Crippen LogP contribution >= 0.6 is 0 Å². The Labute approximate surface area is 133 Å². The van der Waals surface area contributed by atoms with Crippen LogP contribution in [-0.4, -0.2) is 47.6 Å². The molecule has 2 aromatic heterocycles. The van der Waals surface area contributed by atoms with Crippen LogP contribution in [0.1, 0.15) is 12.0 Å². The lowest BCUT2D eigenvalue weighted by molar-refractivity contribution is -0.123. The molecule has 0 saturated carbocycles. The smallest absolute Gasteiger partial charge is 0.234 e. The largest absolute Gasteiger partial charge is 0.353 e. The standard InChI is InChI=1S/C16H16N6O/c17-7-11-6-10-2-1-4-18-15(10)21-16(11)22-5-3-12-13(9-22)20-14(23)8-19-12/h1-2,4,6,12-13,19H,3,5,8-9H2,(H,20,23)/t12-,13+/m1/s1. The number of nitrogens with zero attached hydrogens (tertiary/aromatic N) is 4. The van der Waals surface area contributed by atoms with Crippen LogP contribution in [0, 0.1) is 11.3 Å². The summed E-state index contributed by atoms with van der Waals surface area (Å²) in [6.07, 6.45) is 2.60. The summed E-state index contributed by atoms with van der Waals surface area (Å²) in [5.41, 5.74) is 1.17. The number of nitrogens with one attached hydrogen (secondary N) is 2. The van der Waals surface area contributed by atoms with Gasteiger partial charge in [0.25, 0.3) is 0 Å². The van der Waals surface area contributed by atoms with Gasteiger partial charge in [0.05, 0.1) is 18.2 Å². The molecule has 0 aliphatic carbocycles. The number of amides is 1. The number of hydrogen-bond acceptors (Lipinski definition) is 6. The number of piperidine rings is 1. The number of anilines is 1. The third kappa shape index (κ3) is 2.47. The molecule has 2 saturated heterocycles. The van der Waals surface area contributed by atoms with Gasteiger partial charge in [-0.25, -0.2) is 9.97 Å². The molecule has 1 amide bonds. The van der Waals surface area contributed by atoms with Gasteiger partial charge in [0.1, 0.15) is 11.9 Å². The van der Waals surface area contributed by atoms with Crippen molar-refractivity contribution in [3.05, 3.63) is 30.0 Å². The van der Waals surface area contributed by atoms with Crippen LogP contribution in [-0.2, 0) is 4.79 Å². The van der Waals surface area contributed by atoms with Gasteiger partial charge in [-0.2, -0.15) is 5.26 Å². The predicted molar refractivity (Wildman–Crippen MR) is 84.8 cm³/mol. The average Bonchev–Trinajstić information content (AvgIpc) is 2.59. The lowest BCUT2D eigenvalue weighted by Gasteiger charge is -2.42. The lowest BCUT2D eigenvalue weighted by Crippen LogP contribution is -2.65. The number of nitriles is 1. The van der Waals surface area contributed by atoms with Gasteiger partial charge in [-0.1, -0.05) is 0 Å². The zero-order valence-corrected chi connectivity index (χ0v) is 12.5. The van der Waals surface area contributed by atoms with Crippen molar-refractivity contribution in [3.8, 4) is 6.07 Å². The highest BCUT2D eigenvalue weighted by atomic mass is 16.2. The molecule has 0 unspecified atom stereocenters. The summed E-state index contributed by atoms with van der Waals surface area (Å²) in [7, 11) is 0. The highest BCUT2D eigenvalue weighted by Gasteiger charge is 2.34. The number of carbonyl (C=O) groups excluding carboxylic acids is 1. The van der Waals surface area contributed by atoms with Crippen molar-refractivity contribution in [2.45, 2.75) is 18.5 Å². The SMILES string of the molecule is N#Cc1cc2cccnc2nc1N1CC[C@H]2NCC(=O)N[C@H]2C1. The topological polar surface area (TPSA) is 93.9 Å². The van der Waals surface area contributed by atoms with Gasteiger partial charge >= 0.3 is 0 Å². The van der Waals surface area contributed by atoms with Gasteiger partial charge in [0.2, 0.25) is 5.91 Å². The first kappa shape index (κ1) is 13.9. The first-order valence-electron chi connectivity index (χ1n) is 7.68. The normalized spacial score (nSPS) is 24.0. The third-order valence-corrected chi connectivity index (χ3v) is 4.47. The van der Waals surface area contributed by atoms with Crippen LogP contribution in [0.15, 0.2) is 24.4 Å². The molecule has 2 N–H and O–H groups in total. The van der Waals surface area contributed by atoms with Crippen LogP contribution in [0.2, 0.25) is 0 Å². The molecule has 0 aromatic carbocycles. The Bertz CT molecular complexity index is 814. The number of piperazine rings is 1. The molecule has 2 aromatic rings. The number of carbonyl (C=O) groups is 1. The minimum atomic E-state index is 0.0155. The number of fused-ring (bicyclic) bond motifs is 2. The summed E-state index contributed by atoms with van der Waals surface area (Å²) < 4.78 is 0. The zero-order chi connectivity index (χ0) is 15.8. The minimum absolute atomic E-state index is 0.0155. The predicted octanol–water partition coefficient (Wildman–Crippen LogP) is 0.168. The van der Waals surface area contributed by atoms with Crippen molar-refractivity contribution in [3.63, 3.8) is 0 Å². The summed E-state index contributed by atoms with van der Waals surface area (Å²) >= 11 is 0. The number of rotatable bonds is 1. The Kier molecular flexibility index (Phi) is 3.32. The van der Waals surface area contributed by atoms with Crippen molar-refractivity contribution in [1.82, 2.24) is 20.6 Å². The van der Waals surface area contributed by atoms with Gasteiger partial charge in [-0.3, -0.25) is 4.79 Å². The second kappa shape index (κ2) is 5.48. The molecule has 7 nitrogen and oxygen atoms in total. The summed E-state index contributed by atoms with van der Waals surface area (Å²) in [5, 5.41) is 16.6. The molecule has 2 aliphatic rings. The second-order valence-corrected chi connectivity index (χ2v) is 5.92. The fourth-order valence-corrected chi connectivity index (χ4v) is 3.34. The maximum absolute atomic E-state index is 11.6. The van der Waals surface area contributed by atoms with E-state index in [0.29, 0.717) is 30.1 Å². The summed E-state index contributed by atoms with van der Waals surface area (Å²) in [5.74, 6) is 0.665. The van der Waals surface area contributed by atoms with Crippen molar-refractivity contribution in [2.24, 2.45) is 0 Å². The molecule has 0 bridgehead atoms. The Hall–Kier alpha value is -2.72. The Morgan fingerprint density at radius 1 is 1.39 bits per heavy atom. The van der Waals surface area contributed by atoms with Gasteiger partial charge in [-0.05, 0) is 24.6 Å². The molecular weight excluding hydrogens is 292 g/mol. The first-order chi connectivity index (χ1) is 11.2. The van der Waals surface area contributed by atoms with E-state index in [1.807, 2.05) is 18.2 Å². The van der Waals surface area contributed by atoms with E-state index in [9.17, 15) is 10.1 Å². The van der Waals surface area contributed by atoms with E-state index in [-0.39, 0.29) is 18.0 Å². The Balaban J connectivity index is 1.68. The van der Waals surface area contributed by atoms with Gasteiger partial charge in [0.15, 0.2) is 5.65 Å². The van der Waals surface area contributed by atoms with Crippen molar-refractivity contribution < 1.29 is 4.79 Å². The summed E-state index contributed by atoms with van der Waals surface area (Å²) in [6.45, 7) is 1.82. The number of pyridine rings is 2. The molecule has 116 valence electrons. The molecule has 0 spiro atoms. The van der Waals surface area contributed by atoms with E-state index in [0.717, 1.165) is 18.4 Å². The fraction of sp³-hybridized carbons (Fsp3) is 0.375. The molecule has 0 radical (unpaired) electrons. The first-order valence-corrected chi connectivity index (χ1v) is 7.68. The Morgan fingerprint density at radius 2 is 2.30 bits per heavy atom. The summed E-state index contributed by atoms with van der Waals surface area (Å²) in [4.78, 5) is 22.5. The van der Waals surface area contributed by atoms with E-state index in [4.69, 9.17) is 0 Å². The van der Waals surface area contributed by atoms with E-state index >= 15 is 0 Å². The molecule has 2 aliphatic heterocycles. The van der Waals surface area contributed by atoms with Crippen LogP contribution in [0.5, 0.6) is 0 Å². The van der Waals surface area contributed by atoms with E-state index < -0.39 is 0 Å². The second-order valence-electron chi connectivity index (χ2n) is 5.92. The van der Waals surface area contributed by atoms with Gasteiger partial charge in [0, 0.05) is 30.7 Å². The van der Waals surface area contributed by atoms with Crippen LogP contribution in [0.4, 0.5) is 5.82 Å². The monoisotopic (exact) mass is 308 g/mol. The van der Waals surface area contributed by atoms with Crippen molar-refractivity contribution >= 4 is 22.8 Å². The minimum Gasteiger partial charge on any atom is -0.353 e. The van der Waals surface area contributed by atoms with Crippen molar-refractivity contribution in [2.75, 3.05) is 24.5 Å². The van der Waals surface area contributed by atoms with E-state index in [1.54, 1.807) is 6.20 Å². The zero-order valence-electron chi connectivity index (χ0n) is 12.5. The molecule has 4 heterocycles. The van der Waals surface area contributed by atoms with Crippen LogP contribution in [0.25, 0.3) is 11.0 Å². The third-order valence-electron chi connectivity index (χ3n) is 4.47. The summed E-state index contributed by atoms with van der Waals surface area (Å²) in [6, 6.07) is 8.12.